The van der Waals surface area contributed by atoms with Gasteiger partial charge < -0.3 is 10.4 Å². The summed E-state index contributed by atoms with van der Waals surface area (Å²) in [6, 6.07) is 11.6. The van der Waals surface area contributed by atoms with E-state index < -0.39 is 36.2 Å². The molecule has 2 aromatic carbocycles. The molecule has 3 amide bonds. The maximum absolute atomic E-state index is 12.5. The van der Waals surface area contributed by atoms with Gasteiger partial charge in [0.25, 0.3) is 11.8 Å². The molecule has 0 aliphatic carbocycles. The van der Waals surface area contributed by atoms with Crippen LogP contribution < -0.4 is 5.32 Å². The standard InChI is InChI=1S/C21H19N5O5/c1-12-5-3-4-6-16(12)22-17(27)11-18(28)26-20(29)19(13(2)25-26)24-23-15-9-7-14(8-10-15)21(30)31/h3-10,19H,11H2,1-2H3,(H,22,27)(H,30,31)/t19-/m0/s1. The Labute approximate surface area is 177 Å². The summed E-state index contributed by atoms with van der Waals surface area (Å²) in [5.41, 5.74) is 2.10. The van der Waals surface area contributed by atoms with Crippen molar-refractivity contribution in [2.24, 2.45) is 15.3 Å². The van der Waals surface area contributed by atoms with E-state index >= 15 is 0 Å². The number of amides is 3. The monoisotopic (exact) mass is 421 g/mol. The zero-order valence-corrected chi connectivity index (χ0v) is 16.8. The molecule has 10 heteroatoms. The third kappa shape index (κ3) is 5.04. The molecule has 0 aromatic heterocycles. The van der Waals surface area contributed by atoms with E-state index in [-0.39, 0.29) is 11.3 Å². The number of azo groups is 1. The van der Waals surface area contributed by atoms with Crippen LogP contribution in [0.5, 0.6) is 0 Å². The number of carbonyl (C=O) groups is 4. The summed E-state index contributed by atoms with van der Waals surface area (Å²) < 4.78 is 0. The Balaban J connectivity index is 1.63. The molecule has 3 rings (SSSR count). The van der Waals surface area contributed by atoms with Crippen molar-refractivity contribution in [2.75, 3.05) is 5.32 Å². The molecule has 1 atom stereocenters. The highest BCUT2D eigenvalue weighted by Crippen LogP contribution is 2.19. The number of anilines is 1. The first-order valence-corrected chi connectivity index (χ1v) is 9.28. The van der Waals surface area contributed by atoms with Crippen LogP contribution in [0.25, 0.3) is 0 Å². The molecule has 0 unspecified atom stereocenters. The van der Waals surface area contributed by atoms with E-state index in [0.717, 1.165) is 5.56 Å². The molecule has 1 aliphatic heterocycles. The van der Waals surface area contributed by atoms with Crippen LogP contribution in [0, 0.1) is 6.92 Å². The molecule has 158 valence electrons. The predicted molar refractivity (Wildman–Crippen MR) is 111 cm³/mol. The fourth-order valence-electron chi connectivity index (χ4n) is 2.78. The number of benzene rings is 2. The highest BCUT2D eigenvalue weighted by molar-refractivity contribution is 6.18. The largest absolute Gasteiger partial charge is 0.478 e. The molecule has 0 saturated carbocycles. The number of nitrogens with zero attached hydrogens (tertiary/aromatic N) is 4. The summed E-state index contributed by atoms with van der Waals surface area (Å²) in [4.78, 5) is 48.0. The molecular formula is C21H19N5O5. The molecule has 1 aliphatic rings. The number of hydrazone groups is 1. The van der Waals surface area contributed by atoms with Gasteiger partial charge in [0.15, 0.2) is 6.04 Å². The number of hydrogen-bond acceptors (Lipinski definition) is 7. The maximum Gasteiger partial charge on any atom is 0.335 e. The highest BCUT2D eigenvalue weighted by atomic mass is 16.4. The number of imide groups is 1. The van der Waals surface area contributed by atoms with Crippen molar-refractivity contribution < 1.29 is 24.3 Å². The fraction of sp³-hybridized carbons (Fsp3) is 0.190. The van der Waals surface area contributed by atoms with Crippen LogP contribution in [0.2, 0.25) is 0 Å². The summed E-state index contributed by atoms with van der Waals surface area (Å²) in [7, 11) is 0. The van der Waals surface area contributed by atoms with Gasteiger partial charge in [0.1, 0.15) is 6.42 Å². The average Bonchev–Trinajstić information content (AvgIpc) is 3.02. The topological polar surface area (TPSA) is 141 Å². The normalized spacial score (nSPS) is 15.8. The zero-order chi connectivity index (χ0) is 22.5. The van der Waals surface area contributed by atoms with Crippen LogP contribution in [0.4, 0.5) is 11.4 Å². The molecule has 0 fully saturated rings. The van der Waals surface area contributed by atoms with Crippen LogP contribution in [-0.4, -0.2) is 45.6 Å². The highest BCUT2D eigenvalue weighted by Gasteiger charge is 2.38. The van der Waals surface area contributed by atoms with E-state index in [1.807, 2.05) is 19.1 Å². The average molecular weight is 421 g/mol. The lowest BCUT2D eigenvalue weighted by Crippen LogP contribution is -2.36. The number of aryl methyl sites for hydroxylation is 1. The molecule has 0 spiro atoms. The van der Waals surface area contributed by atoms with E-state index in [1.165, 1.54) is 31.2 Å². The van der Waals surface area contributed by atoms with Gasteiger partial charge in [-0.25, -0.2) is 4.79 Å². The van der Waals surface area contributed by atoms with Gasteiger partial charge in [-0.3, -0.25) is 14.4 Å². The van der Waals surface area contributed by atoms with Gasteiger partial charge in [0.05, 0.1) is 17.0 Å². The molecule has 2 aromatic rings. The molecule has 31 heavy (non-hydrogen) atoms. The Kier molecular flexibility index (Phi) is 6.29. The third-order valence-corrected chi connectivity index (χ3v) is 4.47. The van der Waals surface area contributed by atoms with Crippen LogP contribution in [0.15, 0.2) is 63.9 Å². The molecule has 2 N–H and O–H groups in total. The van der Waals surface area contributed by atoms with Crippen molar-refractivity contribution >= 4 is 40.8 Å². The number of hydrogen-bond donors (Lipinski definition) is 2. The lowest BCUT2D eigenvalue weighted by Gasteiger charge is -2.11. The molecule has 0 bridgehead atoms. The Morgan fingerprint density at radius 1 is 1.10 bits per heavy atom. The molecular weight excluding hydrogens is 402 g/mol. The summed E-state index contributed by atoms with van der Waals surface area (Å²) >= 11 is 0. The van der Waals surface area contributed by atoms with E-state index in [2.05, 4.69) is 20.6 Å². The molecule has 0 saturated heterocycles. The van der Waals surface area contributed by atoms with Gasteiger partial charge in [-0.05, 0) is 49.7 Å². The summed E-state index contributed by atoms with van der Waals surface area (Å²) in [6.45, 7) is 3.34. The minimum atomic E-state index is -1.09. The molecule has 1 heterocycles. The van der Waals surface area contributed by atoms with Gasteiger partial charge in [-0.1, -0.05) is 18.2 Å². The second-order valence-corrected chi connectivity index (χ2v) is 6.80. The first-order chi connectivity index (χ1) is 14.8. The van der Waals surface area contributed by atoms with Crippen molar-refractivity contribution in [3.05, 3.63) is 59.7 Å². The molecule has 10 nitrogen and oxygen atoms in total. The smallest absolute Gasteiger partial charge is 0.335 e. The first kappa shape index (κ1) is 21.5. The van der Waals surface area contributed by atoms with Crippen molar-refractivity contribution in [1.29, 1.82) is 0 Å². The second-order valence-electron chi connectivity index (χ2n) is 6.80. The van der Waals surface area contributed by atoms with Crippen LogP contribution in [0.1, 0.15) is 29.3 Å². The van der Waals surface area contributed by atoms with Gasteiger partial charge in [0, 0.05) is 5.69 Å². The number of aromatic carboxylic acids is 1. The predicted octanol–water partition coefficient (Wildman–Crippen LogP) is 2.92. The number of rotatable bonds is 6. The number of carboxylic acid groups (broad SMARTS) is 1. The number of nitrogens with one attached hydrogen (secondary N) is 1. The summed E-state index contributed by atoms with van der Waals surface area (Å²) in [5.74, 6) is -3.13. The van der Waals surface area contributed by atoms with Gasteiger partial charge in [-0.15, -0.1) is 0 Å². The van der Waals surface area contributed by atoms with E-state index in [1.54, 1.807) is 12.1 Å². The fourth-order valence-corrected chi connectivity index (χ4v) is 2.78. The number of carbonyl (C=O) groups excluding carboxylic acids is 3. The van der Waals surface area contributed by atoms with Crippen molar-refractivity contribution in [3.8, 4) is 0 Å². The van der Waals surface area contributed by atoms with E-state index in [0.29, 0.717) is 16.4 Å². The second kappa shape index (κ2) is 9.08. The van der Waals surface area contributed by atoms with Crippen molar-refractivity contribution in [3.63, 3.8) is 0 Å². The van der Waals surface area contributed by atoms with Gasteiger partial charge >= 0.3 is 5.97 Å². The van der Waals surface area contributed by atoms with Crippen LogP contribution in [0.3, 0.4) is 0 Å². The van der Waals surface area contributed by atoms with Gasteiger partial charge in [0.2, 0.25) is 5.91 Å². The summed E-state index contributed by atoms with van der Waals surface area (Å²) in [5, 5.41) is 23.9. The zero-order valence-electron chi connectivity index (χ0n) is 16.8. The number of carboxylic acids is 1. The van der Waals surface area contributed by atoms with Crippen LogP contribution >= 0.6 is 0 Å². The SMILES string of the molecule is CC1=NN(C(=O)CC(=O)Nc2ccccc2C)C(=O)[C@H]1N=Nc1ccc(C(=O)O)cc1. The minimum absolute atomic E-state index is 0.0920. The van der Waals surface area contributed by atoms with Crippen LogP contribution in [-0.2, 0) is 14.4 Å². The third-order valence-electron chi connectivity index (χ3n) is 4.47. The Morgan fingerprint density at radius 2 is 1.77 bits per heavy atom. The van der Waals surface area contributed by atoms with E-state index in [4.69, 9.17) is 5.11 Å². The maximum atomic E-state index is 12.5. The minimum Gasteiger partial charge on any atom is -0.478 e. The Hall–Kier alpha value is -4.21. The van der Waals surface area contributed by atoms with Crippen molar-refractivity contribution in [1.82, 2.24) is 5.01 Å². The summed E-state index contributed by atoms with van der Waals surface area (Å²) in [6.07, 6.45) is -0.558. The lowest BCUT2D eigenvalue weighted by molar-refractivity contribution is -0.144. The number of para-hydroxylation sites is 1. The first-order valence-electron chi connectivity index (χ1n) is 9.28. The Morgan fingerprint density at radius 3 is 2.42 bits per heavy atom. The molecule has 0 radical (unpaired) electrons. The van der Waals surface area contributed by atoms with Crippen molar-refractivity contribution in [2.45, 2.75) is 26.3 Å². The Bertz CT molecular complexity index is 1110. The van der Waals surface area contributed by atoms with E-state index in [9.17, 15) is 19.2 Å². The van der Waals surface area contributed by atoms with Gasteiger partial charge in [-0.2, -0.15) is 20.3 Å². The lowest BCUT2D eigenvalue weighted by atomic mass is 10.2. The quantitative estimate of drug-likeness (QED) is 0.545.